The lowest BCUT2D eigenvalue weighted by molar-refractivity contribution is 0.669. The predicted octanol–water partition coefficient (Wildman–Crippen LogP) is 33.5. The molecule has 140 heavy (non-hydrogen) atoms. The van der Waals surface area contributed by atoms with E-state index in [0.717, 1.165) is 261 Å². The first-order valence-corrected chi connectivity index (χ1v) is 46.6. The molecule has 0 radical (unpaired) electrons. The van der Waals surface area contributed by atoms with E-state index in [0.29, 0.717) is 5.65 Å². The van der Waals surface area contributed by atoms with Crippen LogP contribution < -0.4 is 0 Å². The molecule has 0 fully saturated rings. The molecular formula is C127H79N9O4. The van der Waals surface area contributed by atoms with Crippen molar-refractivity contribution in [3.8, 4) is 135 Å². The number of pyridine rings is 1. The first kappa shape index (κ1) is 82.8. The zero-order valence-electron chi connectivity index (χ0n) is 75.3. The van der Waals surface area contributed by atoms with E-state index in [2.05, 4.69) is 236 Å². The molecule has 0 atom stereocenters. The number of fused-ring (bicyclic) bond motifs is 16. The zero-order valence-corrected chi connectivity index (χ0v) is 75.3. The third-order valence-electron chi connectivity index (χ3n) is 25.8. The van der Waals surface area contributed by atoms with Gasteiger partial charge in [0.2, 0.25) is 0 Å². The van der Waals surface area contributed by atoms with Gasteiger partial charge in [0.05, 0.1) is 56.2 Å². The highest BCUT2D eigenvalue weighted by molar-refractivity contribution is 6.16. The molecule has 656 valence electrons. The Morgan fingerprint density at radius 2 is 0.507 bits per heavy atom. The molecule has 0 saturated carbocycles. The number of nitrogens with zero attached hydrogens (tertiary/aromatic N) is 9. The van der Waals surface area contributed by atoms with Crippen LogP contribution in [0.25, 0.3) is 267 Å². The standard InChI is InChI=1S/3C32H20N2O.C31H19N3O/c1-3-11-21(12-4-1)29-30(22-13-5-2-6-14-22)34-31-24(16-10-19-27(31)33-29)26-18-9-17-25-23-15-7-8-20-28(23)35-32(25)26;1-3-10-21(11-4-1)30-27-20-23(18-19-28(27)33-32(34-30)22-12-5-2-6-13-22)24-15-9-16-26-25-14-7-8-17-29(25)35-31(24)26;1-3-10-21(11-4-1)30-27-19-18-23(20-28(27)33-32(34-30)22-12-5-2-6-13-22)24-15-9-16-26-25-14-7-8-17-29(25)35-31(24)26;1-2-8-21(9-3-1)30-29(33-25-12-7-19-32-31(25)34-30)22-17-15-20(16-18-22)23-11-6-14-27-28(23)24-10-4-5-13-26(24)35-27/h3*1-20H;1-19H. The van der Waals surface area contributed by atoms with Gasteiger partial charge in [-0.15, -0.1) is 0 Å². The molecule has 13 heteroatoms. The van der Waals surface area contributed by atoms with Crippen molar-refractivity contribution in [1.29, 1.82) is 0 Å². The molecule has 0 saturated heterocycles. The van der Waals surface area contributed by atoms with Gasteiger partial charge in [-0.05, 0) is 95.1 Å². The quantitative estimate of drug-likeness (QED) is 0.113. The Kier molecular flexibility index (Phi) is 21.3. The van der Waals surface area contributed by atoms with E-state index in [1.54, 1.807) is 6.20 Å². The van der Waals surface area contributed by atoms with Crippen LogP contribution in [0.4, 0.5) is 0 Å². The minimum absolute atomic E-state index is 0.644. The Bertz CT molecular complexity index is 9560. The SMILES string of the molecule is c1ccc(-c2nc(-c3ccccc3)c3cc(-c4cccc5c4oc4ccccc45)ccc3n2)cc1.c1ccc(-c2nc(-c3ccccc3)c3ccc(-c4cccc5c4oc4ccccc45)cc3n2)cc1.c1ccc(-c2nc3cccc(-c4cccc5c4oc4ccccc45)c3nc2-c2ccccc2)cc1.c1ccc(-c2nc3ncccc3nc2-c2ccc(-c3cccc4oc5ccccc5c34)cc2)cc1. The highest BCUT2D eigenvalue weighted by atomic mass is 16.3. The second-order valence-corrected chi connectivity index (χ2v) is 34.4. The lowest BCUT2D eigenvalue weighted by Gasteiger charge is -2.13. The summed E-state index contributed by atoms with van der Waals surface area (Å²) >= 11 is 0. The summed E-state index contributed by atoms with van der Waals surface area (Å²) in [6, 6.07) is 161. The minimum atomic E-state index is 0.644. The maximum Gasteiger partial charge on any atom is 0.178 e. The Morgan fingerprint density at radius 1 is 0.157 bits per heavy atom. The average molecular weight is 1800 g/mol. The van der Waals surface area contributed by atoms with Crippen LogP contribution in [0.5, 0.6) is 0 Å². The summed E-state index contributed by atoms with van der Waals surface area (Å²) in [6.45, 7) is 0. The molecule has 0 aliphatic heterocycles. The highest BCUT2D eigenvalue weighted by Crippen LogP contribution is 2.46. The van der Waals surface area contributed by atoms with E-state index in [1.807, 2.05) is 243 Å². The predicted molar refractivity (Wildman–Crippen MR) is 570 cm³/mol. The summed E-state index contributed by atoms with van der Waals surface area (Å²) in [4.78, 5) is 44.6. The first-order valence-electron chi connectivity index (χ1n) is 46.6. The van der Waals surface area contributed by atoms with E-state index in [4.69, 9.17) is 57.5 Å². The van der Waals surface area contributed by atoms with Crippen LogP contribution >= 0.6 is 0 Å². The molecule has 9 heterocycles. The largest absolute Gasteiger partial charge is 0.456 e. The van der Waals surface area contributed by atoms with Gasteiger partial charge in [0.1, 0.15) is 50.2 Å². The van der Waals surface area contributed by atoms with Gasteiger partial charge < -0.3 is 17.7 Å². The molecule has 19 aromatic carbocycles. The highest BCUT2D eigenvalue weighted by Gasteiger charge is 2.24. The summed E-state index contributed by atoms with van der Waals surface area (Å²) in [6.07, 6.45) is 1.75. The average Bonchev–Trinajstić information content (AvgIpc) is 1.50. The molecule has 9 aromatic heterocycles. The Hall–Kier alpha value is -19.1. The number of hydrogen-bond acceptors (Lipinski definition) is 13. The molecule has 28 aromatic rings. The second-order valence-electron chi connectivity index (χ2n) is 34.4. The van der Waals surface area contributed by atoms with Gasteiger partial charge in [-0.25, -0.2) is 44.9 Å². The van der Waals surface area contributed by atoms with Gasteiger partial charge >= 0.3 is 0 Å². The summed E-state index contributed by atoms with van der Waals surface area (Å²) in [5.74, 6) is 1.44. The zero-order chi connectivity index (χ0) is 92.8. The van der Waals surface area contributed by atoms with E-state index >= 15 is 0 Å². The molecule has 0 unspecified atom stereocenters. The summed E-state index contributed by atoms with van der Waals surface area (Å²) in [5, 5.41) is 11.0. The van der Waals surface area contributed by atoms with Gasteiger partial charge in [-0.3, -0.25) is 0 Å². The fourth-order valence-corrected chi connectivity index (χ4v) is 19.2. The van der Waals surface area contributed by atoms with E-state index in [1.165, 1.54) is 0 Å². The number of hydrogen-bond donors (Lipinski definition) is 0. The van der Waals surface area contributed by atoms with Crippen molar-refractivity contribution in [3.63, 3.8) is 0 Å². The van der Waals surface area contributed by atoms with E-state index < -0.39 is 0 Å². The molecule has 0 aliphatic carbocycles. The van der Waals surface area contributed by atoms with Crippen molar-refractivity contribution in [2.45, 2.75) is 0 Å². The molecule has 0 amide bonds. The molecule has 0 spiro atoms. The molecular weight excluding hydrogens is 1720 g/mol. The monoisotopic (exact) mass is 1790 g/mol. The number of furan rings is 4. The van der Waals surface area contributed by atoms with Crippen LogP contribution in [0.3, 0.4) is 0 Å². The molecule has 0 N–H and O–H groups in total. The molecule has 28 rings (SSSR count). The van der Waals surface area contributed by atoms with Crippen LogP contribution in [0, 0.1) is 0 Å². The van der Waals surface area contributed by atoms with E-state index in [-0.39, 0.29) is 0 Å². The lowest BCUT2D eigenvalue weighted by atomic mass is 9.97. The van der Waals surface area contributed by atoms with Gasteiger partial charge in [-0.2, -0.15) is 0 Å². The van der Waals surface area contributed by atoms with Crippen molar-refractivity contribution >= 4 is 132 Å². The summed E-state index contributed by atoms with van der Waals surface area (Å²) in [7, 11) is 0. The summed E-state index contributed by atoms with van der Waals surface area (Å²) in [5.41, 5.74) is 34.2. The second kappa shape index (κ2) is 36.0. The number of rotatable bonds is 12. The Labute approximate surface area is 803 Å². The van der Waals surface area contributed by atoms with Crippen LogP contribution in [0.15, 0.2) is 497 Å². The molecule has 0 bridgehead atoms. The van der Waals surface area contributed by atoms with Crippen LogP contribution in [-0.4, -0.2) is 44.9 Å². The fraction of sp³-hybridized carbons (Fsp3) is 0. The third kappa shape index (κ3) is 15.6. The summed E-state index contributed by atoms with van der Waals surface area (Å²) < 4.78 is 25.0. The fourth-order valence-electron chi connectivity index (χ4n) is 19.2. The van der Waals surface area contributed by atoms with Crippen molar-refractivity contribution < 1.29 is 17.7 Å². The van der Waals surface area contributed by atoms with Crippen LogP contribution in [0.2, 0.25) is 0 Å². The van der Waals surface area contributed by atoms with Crippen molar-refractivity contribution in [2.24, 2.45) is 0 Å². The lowest BCUT2D eigenvalue weighted by Crippen LogP contribution is -1.97. The maximum absolute atomic E-state index is 6.35. The Morgan fingerprint density at radius 3 is 1.04 bits per heavy atom. The van der Waals surface area contributed by atoms with Gasteiger partial charge in [0, 0.05) is 127 Å². The molecule has 13 nitrogen and oxygen atoms in total. The van der Waals surface area contributed by atoms with E-state index in [9.17, 15) is 0 Å². The normalized spacial score (nSPS) is 11.4. The third-order valence-corrected chi connectivity index (χ3v) is 25.8. The first-order chi connectivity index (χ1) is 69.4. The number of aromatic nitrogens is 9. The van der Waals surface area contributed by atoms with Crippen LogP contribution in [-0.2, 0) is 0 Å². The maximum atomic E-state index is 6.35. The van der Waals surface area contributed by atoms with Gasteiger partial charge in [0.25, 0.3) is 0 Å². The smallest absolute Gasteiger partial charge is 0.178 e. The number of para-hydroxylation sites is 8. The van der Waals surface area contributed by atoms with Gasteiger partial charge in [-0.1, -0.05) is 400 Å². The molecule has 0 aliphatic rings. The van der Waals surface area contributed by atoms with Crippen molar-refractivity contribution in [2.75, 3.05) is 0 Å². The van der Waals surface area contributed by atoms with Crippen LogP contribution in [0.1, 0.15) is 0 Å². The number of benzene rings is 19. The Balaban J connectivity index is 0.0000000985. The topological polar surface area (TPSA) is 169 Å². The van der Waals surface area contributed by atoms with Crippen molar-refractivity contribution in [3.05, 3.63) is 479 Å². The van der Waals surface area contributed by atoms with Crippen molar-refractivity contribution in [1.82, 2.24) is 44.9 Å². The van der Waals surface area contributed by atoms with Gasteiger partial charge in [0.15, 0.2) is 17.3 Å². The minimum Gasteiger partial charge on any atom is -0.456 e.